The van der Waals surface area contributed by atoms with Gasteiger partial charge in [-0.2, -0.15) is 0 Å². The number of nitrogens with one attached hydrogen (secondary N) is 1. The van der Waals surface area contributed by atoms with Crippen molar-refractivity contribution in [1.29, 1.82) is 0 Å². The van der Waals surface area contributed by atoms with Crippen LogP contribution in [0.1, 0.15) is 393 Å². The molecule has 0 aromatic carbocycles. The molecule has 1 saturated heterocycles. The van der Waals surface area contributed by atoms with Crippen molar-refractivity contribution in [2.75, 3.05) is 13.2 Å². The molecule has 498 valence electrons. The maximum atomic E-state index is 13.1. The van der Waals surface area contributed by atoms with Crippen molar-refractivity contribution in [3.63, 3.8) is 0 Å². The van der Waals surface area contributed by atoms with Crippen LogP contribution in [0.3, 0.4) is 0 Å². The number of unbranched alkanes of at least 4 members (excludes halogenated alkanes) is 55. The molecule has 1 rings (SSSR count). The Hall–Kier alpha value is -1.33. The molecule has 1 heterocycles. The quantitative estimate of drug-likeness (QED) is 0.0261. The molecule has 6 N–H and O–H groups in total. The van der Waals surface area contributed by atoms with Gasteiger partial charge in [-0.3, -0.25) is 4.79 Å². The summed E-state index contributed by atoms with van der Waals surface area (Å²) in [5.41, 5.74) is 0. The summed E-state index contributed by atoms with van der Waals surface area (Å²) in [5, 5.41) is 54.7. The fraction of sp³-hybridized carbons (Fsp3) is 0.933. The second kappa shape index (κ2) is 64.6. The largest absolute Gasteiger partial charge is 0.394 e. The van der Waals surface area contributed by atoms with Crippen LogP contribution in [0.25, 0.3) is 0 Å². The third-order valence-electron chi connectivity index (χ3n) is 18.3. The van der Waals surface area contributed by atoms with Crippen molar-refractivity contribution >= 4 is 5.91 Å². The molecule has 0 aliphatic carbocycles. The molecule has 84 heavy (non-hydrogen) atoms. The predicted octanol–water partition coefficient (Wildman–Crippen LogP) is 20.8. The Bertz CT molecular complexity index is 1380. The third kappa shape index (κ3) is 52.6. The topological polar surface area (TPSA) is 149 Å². The molecule has 7 unspecified atom stereocenters. The van der Waals surface area contributed by atoms with Crippen molar-refractivity contribution < 1.29 is 39.8 Å². The number of aliphatic hydroxyl groups is 5. The summed E-state index contributed by atoms with van der Waals surface area (Å²) in [6.45, 7) is 3.82. The van der Waals surface area contributed by atoms with E-state index in [0.29, 0.717) is 6.42 Å². The van der Waals surface area contributed by atoms with Gasteiger partial charge in [0.15, 0.2) is 6.29 Å². The lowest BCUT2D eigenvalue weighted by atomic mass is 9.99. The van der Waals surface area contributed by atoms with Gasteiger partial charge in [0.05, 0.1) is 25.4 Å². The zero-order chi connectivity index (χ0) is 60.7. The Morgan fingerprint density at radius 1 is 0.393 bits per heavy atom. The number of hydrogen-bond acceptors (Lipinski definition) is 8. The van der Waals surface area contributed by atoms with Gasteiger partial charge in [-0.25, -0.2) is 0 Å². The highest BCUT2D eigenvalue weighted by molar-refractivity contribution is 5.76. The minimum Gasteiger partial charge on any atom is -0.394 e. The van der Waals surface area contributed by atoms with E-state index < -0.39 is 49.5 Å². The van der Waals surface area contributed by atoms with E-state index >= 15 is 0 Å². The summed E-state index contributed by atoms with van der Waals surface area (Å²) >= 11 is 0. The second-order valence-electron chi connectivity index (χ2n) is 26.4. The molecule has 1 fully saturated rings. The molecular weight excluding hydrogens is 1040 g/mol. The zero-order valence-electron chi connectivity index (χ0n) is 55.9. The standard InChI is InChI=1S/C75H145NO8/c1-3-5-7-9-11-13-15-17-19-21-23-25-26-27-28-29-30-31-32-33-34-35-36-37-38-39-40-41-42-43-45-47-49-51-53-55-57-59-61-63-65-71(79)76-68(67-83-75-74(82)73(81)72(80)70(66-77)84-75)69(78)64-62-60-58-56-54-52-50-48-46-44-24-22-20-18-16-14-12-10-8-6-4-2/h54,56,62,64,68-70,72-75,77-78,80-82H,3-53,55,57-61,63,65-67H2,1-2H3,(H,76,79)/b56-54+,64-62+. The molecular formula is C75H145NO8. The number of carbonyl (C=O) groups excluding carboxylic acids is 1. The lowest BCUT2D eigenvalue weighted by Crippen LogP contribution is -2.60. The second-order valence-corrected chi connectivity index (χ2v) is 26.4. The van der Waals surface area contributed by atoms with Gasteiger partial charge in [0.2, 0.25) is 5.91 Å². The monoisotopic (exact) mass is 1190 g/mol. The van der Waals surface area contributed by atoms with Crippen molar-refractivity contribution in [2.24, 2.45) is 0 Å². The number of ether oxygens (including phenoxy) is 2. The van der Waals surface area contributed by atoms with E-state index in [-0.39, 0.29) is 12.5 Å². The van der Waals surface area contributed by atoms with Gasteiger partial charge in [0, 0.05) is 6.42 Å². The molecule has 0 bridgehead atoms. The molecule has 1 aliphatic heterocycles. The molecule has 0 radical (unpaired) electrons. The number of amides is 1. The van der Waals surface area contributed by atoms with Crippen LogP contribution in [0, 0.1) is 0 Å². The zero-order valence-corrected chi connectivity index (χ0v) is 55.9. The van der Waals surface area contributed by atoms with E-state index in [1.165, 1.54) is 334 Å². The number of hydrogen-bond donors (Lipinski definition) is 6. The van der Waals surface area contributed by atoms with Gasteiger partial charge >= 0.3 is 0 Å². The minimum atomic E-state index is -1.57. The third-order valence-corrected chi connectivity index (χ3v) is 18.3. The van der Waals surface area contributed by atoms with Crippen LogP contribution in [0.15, 0.2) is 24.3 Å². The highest BCUT2D eigenvalue weighted by Gasteiger charge is 2.44. The summed E-state index contributed by atoms with van der Waals surface area (Å²) in [6, 6.07) is -0.820. The van der Waals surface area contributed by atoms with Crippen LogP contribution < -0.4 is 5.32 Å². The van der Waals surface area contributed by atoms with Gasteiger partial charge in [-0.05, 0) is 32.1 Å². The van der Waals surface area contributed by atoms with E-state index in [0.717, 1.165) is 38.5 Å². The Morgan fingerprint density at radius 2 is 0.679 bits per heavy atom. The van der Waals surface area contributed by atoms with Gasteiger partial charge in [0.25, 0.3) is 0 Å². The molecule has 0 aromatic heterocycles. The summed E-state index contributed by atoms with van der Waals surface area (Å²) in [4.78, 5) is 13.1. The van der Waals surface area contributed by atoms with Crippen molar-refractivity contribution in [3.05, 3.63) is 24.3 Å². The van der Waals surface area contributed by atoms with Crippen LogP contribution in [0.4, 0.5) is 0 Å². The summed E-state index contributed by atoms with van der Waals surface area (Å²) < 4.78 is 11.3. The first kappa shape index (κ1) is 80.7. The van der Waals surface area contributed by atoms with Gasteiger partial charge < -0.3 is 40.3 Å². The average Bonchev–Trinajstić information content (AvgIpc) is 3.69. The van der Waals surface area contributed by atoms with Crippen molar-refractivity contribution in [1.82, 2.24) is 5.32 Å². The maximum absolute atomic E-state index is 13.1. The lowest BCUT2D eigenvalue weighted by Gasteiger charge is -2.40. The van der Waals surface area contributed by atoms with Crippen molar-refractivity contribution in [2.45, 2.75) is 436 Å². The lowest BCUT2D eigenvalue weighted by molar-refractivity contribution is -0.302. The predicted molar refractivity (Wildman–Crippen MR) is 360 cm³/mol. The normalized spacial score (nSPS) is 18.2. The molecule has 9 nitrogen and oxygen atoms in total. The fourth-order valence-electron chi connectivity index (χ4n) is 12.4. The van der Waals surface area contributed by atoms with Crippen molar-refractivity contribution in [3.8, 4) is 0 Å². The number of carbonyl (C=O) groups is 1. The summed E-state index contributed by atoms with van der Waals surface area (Å²) in [5.74, 6) is -0.178. The SMILES string of the molecule is CCCCCCCCCCCCCCCCC/C=C/CC/C=C/C(O)C(COC1OC(CO)C(O)C(O)C1O)NC(=O)CCCCCCCCCCCCCCCCCCCCCCCCCCCCCCCCCCCCCCCCCC. The first-order valence-electron chi connectivity index (χ1n) is 37.6. The first-order chi connectivity index (χ1) is 41.3. The van der Waals surface area contributed by atoms with Crippen LogP contribution >= 0.6 is 0 Å². The first-order valence-corrected chi connectivity index (χ1v) is 37.6. The van der Waals surface area contributed by atoms with Gasteiger partial charge in [-0.15, -0.1) is 0 Å². The number of aliphatic hydroxyl groups excluding tert-OH is 5. The average molecular weight is 1190 g/mol. The van der Waals surface area contributed by atoms with Crippen LogP contribution in [-0.2, 0) is 14.3 Å². The van der Waals surface area contributed by atoms with Crippen LogP contribution in [0.5, 0.6) is 0 Å². The highest BCUT2D eigenvalue weighted by Crippen LogP contribution is 2.24. The molecule has 0 saturated carbocycles. The molecule has 0 spiro atoms. The number of allylic oxidation sites excluding steroid dienone is 3. The highest BCUT2D eigenvalue weighted by atomic mass is 16.7. The Labute approximate surface area is 521 Å². The molecule has 1 amide bonds. The Kier molecular flexibility index (Phi) is 62.1. The van der Waals surface area contributed by atoms with E-state index in [9.17, 15) is 30.3 Å². The Balaban J connectivity index is 2.04. The number of rotatable bonds is 67. The van der Waals surface area contributed by atoms with E-state index in [1.54, 1.807) is 6.08 Å². The molecule has 0 aromatic rings. The molecule has 1 aliphatic rings. The summed E-state index contributed by atoms with van der Waals surface area (Å²) in [6.07, 6.45) is 79.0. The molecule has 9 heteroatoms. The summed E-state index contributed by atoms with van der Waals surface area (Å²) in [7, 11) is 0. The van der Waals surface area contributed by atoms with Gasteiger partial charge in [0.1, 0.15) is 24.4 Å². The van der Waals surface area contributed by atoms with Crippen LogP contribution in [0.2, 0.25) is 0 Å². The smallest absolute Gasteiger partial charge is 0.220 e. The Morgan fingerprint density at radius 3 is 1.00 bits per heavy atom. The van der Waals surface area contributed by atoms with Gasteiger partial charge in [-0.1, -0.05) is 378 Å². The van der Waals surface area contributed by atoms with E-state index in [2.05, 4.69) is 31.3 Å². The van der Waals surface area contributed by atoms with E-state index in [1.807, 2.05) is 6.08 Å². The molecule has 7 atom stereocenters. The fourth-order valence-corrected chi connectivity index (χ4v) is 12.4. The van der Waals surface area contributed by atoms with E-state index in [4.69, 9.17) is 9.47 Å². The van der Waals surface area contributed by atoms with Crippen LogP contribution in [-0.4, -0.2) is 87.5 Å². The minimum absolute atomic E-state index is 0.178. The maximum Gasteiger partial charge on any atom is 0.220 e.